The summed E-state index contributed by atoms with van der Waals surface area (Å²) in [6, 6.07) is 27.9. The molecule has 3 aromatic carbocycles. The number of fused-ring (bicyclic) bond motifs is 1. The van der Waals surface area contributed by atoms with Gasteiger partial charge in [0.15, 0.2) is 4.34 Å². The van der Waals surface area contributed by atoms with Crippen LogP contribution in [0.4, 0.5) is 0 Å². The van der Waals surface area contributed by atoms with E-state index in [4.69, 9.17) is 0 Å². The van der Waals surface area contributed by atoms with Gasteiger partial charge in [0.2, 0.25) is 5.91 Å². The number of aromatic nitrogens is 1. The summed E-state index contributed by atoms with van der Waals surface area (Å²) >= 11 is 3.13. The van der Waals surface area contributed by atoms with E-state index in [2.05, 4.69) is 16.4 Å². The van der Waals surface area contributed by atoms with E-state index in [0.717, 1.165) is 25.7 Å². The molecule has 1 aromatic heterocycles. The van der Waals surface area contributed by atoms with Crippen molar-refractivity contribution in [1.82, 2.24) is 10.3 Å². The quantitative estimate of drug-likeness (QED) is 0.445. The van der Waals surface area contributed by atoms with Gasteiger partial charge in [-0.25, -0.2) is 4.98 Å². The normalized spacial score (nSPS) is 12.0. The molecule has 0 saturated carbocycles. The lowest BCUT2D eigenvalue weighted by molar-refractivity contribution is -0.120. The number of nitrogens with zero attached hydrogens (tertiary/aromatic N) is 1. The average Bonchev–Trinajstić information content (AvgIpc) is 3.14. The van der Waals surface area contributed by atoms with E-state index in [9.17, 15) is 4.79 Å². The van der Waals surface area contributed by atoms with Gasteiger partial charge in [-0.05, 0) is 23.3 Å². The highest BCUT2D eigenvalue weighted by molar-refractivity contribution is 8.02. The number of para-hydroxylation sites is 1. The maximum Gasteiger partial charge on any atom is 0.238 e. The molecule has 0 aliphatic heterocycles. The Balaban J connectivity index is 1.56. The van der Waals surface area contributed by atoms with Crippen LogP contribution in [0, 0.1) is 0 Å². The first kappa shape index (κ1) is 17.8. The summed E-state index contributed by atoms with van der Waals surface area (Å²) in [6.07, 6.45) is 0. The van der Waals surface area contributed by atoms with Gasteiger partial charge in [0.25, 0.3) is 0 Å². The van der Waals surface area contributed by atoms with Gasteiger partial charge < -0.3 is 5.32 Å². The van der Waals surface area contributed by atoms with Crippen molar-refractivity contribution in [2.75, 3.05) is 0 Å². The fraction of sp³-hybridized carbons (Fsp3) is 0.0909. The second kappa shape index (κ2) is 8.37. The molecule has 1 amide bonds. The monoisotopic (exact) mass is 390 g/mol. The highest BCUT2D eigenvalue weighted by Crippen LogP contribution is 2.39. The zero-order valence-corrected chi connectivity index (χ0v) is 16.2. The average molecular weight is 391 g/mol. The number of benzene rings is 3. The van der Waals surface area contributed by atoms with E-state index in [0.29, 0.717) is 6.54 Å². The minimum atomic E-state index is -0.338. The van der Waals surface area contributed by atoms with Crippen molar-refractivity contribution in [2.24, 2.45) is 0 Å². The van der Waals surface area contributed by atoms with E-state index in [-0.39, 0.29) is 11.2 Å². The number of carbonyl (C=O) groups is 1. The van der Waals surface area contributed by atoms with Gasteiger partial charge >= 0.3 is 0 Å². The van der Waals surface area contributed by atoms with Crippen LogP contribution in [0.3, 0.4) is 0 Å². The Bertz CT molecular complexity index is 999. The van der Waals surface area contributed by atoms with Gasteiger partial charge in [-0.15, -0.1) is 11.3 Å². The van der Waals surface area contributed by atoms with Crippen molar-refractivity contribution in [3.8, 4) is 0 Å². The molecule has 1 unspecified atom stereocenters. The topological polar surface area (TPSA) is 42.0 Å². The number of hydrogen-bond donors (Lipinski definition) is 1. The summed E-state index contributed by atoms with van der Waals surface area (Å²) in [7, 11) is 0. The lowest BCUT2D eigenvalue weighted by atomic mass is 10.1. The summed E-state index contributed by atoms with van der Waals surface area (Å²) in [4.78, 5) is 17.7. The third kappa shape index (κ3) is 4.38. The Labute approximate surface area is 166 Å². The van der Waals surface area contributed by atoms with Gasteiger partial charge in [0.1, 0.15) is 5.25 Å². The molecule has 0 fully saturated rings. The fourth-order valence-corrected chi connectivity index (χ4v) is 5.06. The predicted molar refractivity (Wildman–Crippen MR) is 113 cm³/mol. The Morgan fingerprint density at radius 1 is 0.926 bits per heavy atom. The van der Waals surface area contributed by atoms with Crippen LogP contribution >= 0.6 is 23.1 Å². The van der Waals surface area contributed by atoms with Crippen molar-refractivity contribution >= 4 is 39.2 Å². The standard InChI is InChI=1S/C22H18N2OS2/c25-21(23-15-16-9-3-1-4-10-16)20(17-11-5-2-6-12-17)27-22-24-18-13-7-8-14-19(18)26-22/h1-14,20H,15H2,(H,23,25). The van der Waals surface area contributed by atoms with Crippen LogP contribution in [0.25, 0.3) is 10.2 Å². The van der Waals surface area contributed by atoms with E-state index in [1.807, 2.05) is 78.9 Å². The molecule has 0 aliphatic rings. The fourth-order valence-electron chi connectivity index (χ4n) is 2.78. The highest BCUT2D eigenvalue weighted by Gasteiger charge is 2.23. The van der Waals surface area contributed by atoms with Gasteiger partial charge in [-0.1, -0.05) is 84.6 Å². The van der Waals surface area contributed by atoms with E-state index in [1.54, 1.807) is 11.3 Å². The molecular formula is C22H18N2OS2. The summed E-state index contributed by atoms with van der Waals surface area (Å²) in [5.74, 6) is -0.00527. The molecule has 3 nitrogen and oxygen atoms in total. The van der Waals surface area contributed by atoms with Crippen molar-refractivity contribution in [2.45, 2.75) is 16.1 Å². The maximum atomic E-state index is 13.0. The summed E-state index contributed by atoms with van der Waals surface area (Å²) < 4.78 is 2.04. The van der Waals surface area contributed by atoms with Crippen LogP contribution in [-0.4, -0.2) is 10.9 Å². The van der Waals surface area contributed by atoms with Gasteiger partial charge in [0.05, 0.1) is 10.2 Å². The Hall–Kier alpha value is -2.63. The number of amides is 1. The second-order valence-electron chi connectivity index (χ2n) is 6.06. The molecule has 1 atom stereocenters. The summed E-state index contributed by atoms with van der Waals surface area (Å²) in [6.45, 7) is 0.517. The number of nitrogens with one attached hydrogen (secondary N) is 1. The van der Waals surface area contributed by atoms with Crippen LogP contribution < -0.4 is 5.32 Å². The van der Waals surface area contributed by atoms with Gasteiger partial charge in [0, 0.05) is 6.54 Å². The molecule has 4 aromatic rings. The zero-order chi connectivity index (χ0) is 18.5. The van der Waals surface area contributed by atoms with Gasteiger partial charge in [-0.2, -0.15) is 0 Å². The molecule has 5 heteroatoms. The lowest BCUT2D eigenvalue weighted by Gasteiger charge is -2.16. The third-order valence-electron chi connectivity index (χ3n) is 4.14. The number of thioether (sulfide) groups is 1. The zero-order valence-electron chi connectivity index (χ0n) is 14.5. The number of rotatable bonds is 6. The number of hydrogen-bond acceptors (Lipinski definition) is 4. The van der Waals surface area contributed by atoms with E-state index < -0.39 is 0 Å². The molecule has 0 saturated heterocycles. The van der Waals surface area contributed by atoms with Crippen molar-refractivity contribution in [3.05, 3.63) is 96.1 Å². The molecular weight excluding hydrogens is 372 g/mol. The Morgan fingerprint density at radius 3 is 2.33 bits per heavy atom. The second-order valence-corrected chi connectivity index (χ2v) is 8.44. The first-order chi connectivity index (χ1) is 13.3. The minimum Gasteiger partial charge on any atom is -0.351 e. The molecule has 0 radical (unpaired) electrons. The van der Waals surface area contributed by atoms with Crippen molar-refractivity contribution < 1.29 is 4.79 Å². The largest absolute Gasteiger partial charge is 0.351 e. The first-order valence-electron chi connectivity index (χ1n) is 8.68. The molecule has 1 N–H and O–H groups in total. The van der Waals surface area contributed by atoms with Crippen LogP contribution in [0.2, 0.25) is 0 Å². The molecule has 0 bridgehead atoms. The predicted octanol–water partition coefficient (Wildman–Crippen LogP) is 5.45. The molecule has 27 heavy (non-hydrogen) atoms. The van der Waals surface area contributed by atoms with Crippen molar-refractivity contribution in [3.63, 3.8) is 0 Å². The third-order valence-corrected chi connectivity index (χ3v) is 6.53. The van der Waals surface area contributed by atoms with Crippen LogP contribution in [0.5, 0.6) is 0 Å². The smallest absolute Gasteiger partial charge is 0.238 e. The summed E-state index contributed by atoms with van der Waals surface area (Å²) in [5.41, 5.74) is 3.04. The molecule has 0 aliphatic carbocycles. The minimum absolute atomic E-state index is 0.00527. The van der Waals surface area contributed by atoms with Crippen molar-refractivity contribution in [1.29, 1.82) is 0 Å². The molecule has 0 spiro atoms. The number of carbonyl (C=O) groups excluding carboxylic acids is 1. The highest BCUT2D eigenvalue weighted by atomic mass is 32.2. The Kier molecular flexibility index (Phi) is 5.51. The van der Waals surface area contributed by atoms with Crippen LogP contribution in [-0.2, 0) is 11.3 Å². The van der Waals surface area contributed by atoms with Crippen LogP contribution in [0.1, 0.15) is 16.4 Å². The maximum absolute atomic E-state index is 13.0. The van der Waals surface area contributed by atoms with E-state index >= 15 is 0 Å². The Morgan fingerprint density at radius 2 is 1.59 bits per heavy atom. The van der Waals surface area contributed by atoms with Crippen LogP contribution in [0.15, 0.2) is 89.3 Å². The van der Waals surface area contributed by atoms with Gasteiger partial charge in [-0.3, -0.25) is 4.79 Å². The molecule has 134 valence electrons. The first-order valence-corrected chi connectivity index (χ1v) is 10.4. The SMILES string of the molecule is O=C(NCc1ccccc1)C(Sc1nc2ccccc2s1)c1ccccc1. The summed E-state index contributed by atoms with van der Waals surface area (Å²) in [5, 5.41) is 2.73. The molecule has 1 heterocycles. The molecule has 4 rings (SSSR count). The lowest BCUT2D eigenvalue weighted by Crippen LogP contribution is -2.27. The van der Waals surface area contributed by atoms with E-state index in [1.165, 1.54) is 11.8 Å². The number of thiazole rings is 1.